The van der Waals surface area contributed by atoms with E-state index in [-0.39, 0.29) is 6.10 Å². The first-order chi connectivity index (χ1) is 9.19. The summed E-state index contributed by atoms with van der Waals surface area (Å²) in [5.41, 5.74) is 2.54. The van der Waals surface area contributed by atoms with Gasteiger partial charge in [-0.25, -0.2) is 0 Å². The molecule has 0 radical (unpaired) electrons. The van der Waals surface area contributed by atoms with Crippen molar-refractivity contribution in [2.75, 3.05) is 13.7 Å². The molecule has 0 bridgehead atoms. The van der Waals surface area contributed by atoms with Crippen LogP contribution in [0.15, 0.2) is 18.2 Å². The Balaban J connectivity index is 1.96. The summed E-state index contributed by atoms with van der Waals surface area (Å²) in [5.74, 6) is 1.00. The average molecular weight is 263 g/mol. The maximum Gasteiger partial charge on any atom is 0.124 e. The van der Waals surface area contributed by atoms with Gasteiger partial charge >= 0.3 is 0 Å². The van der Waals surface area contributed by atoms with Crippen LogP contribution in [0.1, 0.15) is 37.3 Å². The van der Waals surface area contributed by atoms with Crippen LogP contribution < -0.4 is 10.1 Å². The van der Waals surface area contributed by atoms with Gasteiger partial charge in [-0.1, -0.05) is 17.7 Å². The van der Waals surface area contributed by atoms with Crippen LogP contribution >= 0.6 is 0 Å². The van der Waals surface area contributed by atoms with Gasteiger partial charge in [0.05, 0.1) is 6.10 Å². The van der Waals surface area contributed by atoms with Crippen LogP contribution in [0, 0.1) is 6.92 Å². The van der Waals surface area contributed by atoms with E-state index in [2.05, 4.69) is 37.4 Å². The molecule has 1 fully saturated rings. The molecule has 0 spiro atoms. The highest BCUT2D eigenvalue weighted by atomic mass is 16.5. The van der Waals surface area contributed by atoms with Gasteiger partial charge in [0, 0.05) is 38.3 Å². The molecular weight excluding hydrogens is 238 g/mol. The number of hydrogen-bond acceptors (Lipinski definition) is 3. The molecule has 0 aromatic heterocycles. The normalized spacial score (nSPS) is 16.4. The molecule has 1 aliphatic carbocycles. The minimum atomic E-state index is 0.183. The molecule has 1 atom stereocenters. The van der Waals surface area contributed by atoms with Gasteiger partial charge in [0.2, 0.25) is 0 Å². The number of benzene rings is 1. The van der Waals surface area contributed by atoms with Gasteiger partial charge in [-0.3, -0.25) is 0 Å². The Bertz CT molecular complexity index is 402. The Morgan fingerprint density at radius 2 is 2.16 bits per heavy atom. The van der Waals surface area contributed by atoms with E-state index in [9.17, 15) is 0 Å². The number of ether oxygens (including phenoxy) is 2. The van der Waals surface area contributed by atoms with E-state index in [0.29, 0.717) is 0 Å². The maximum absolute atomic E-state index is 6.04. The second kappa shape index (κ2) is 6.92. The number of rotatable bonds is 8. The van der Waals surface area contributed by atoms with Crippen LogP contribution in [0.25, 0.3) is 0 Å². The molecule has 1 aliphatic rings. The summed E-state index contributed by atoms with van der Waals surface area (Å²) < 4.78 is 11.1. The lowest BCUT2D eigenvalue weighted by atomic mass is 10.1. The number of methoxy groups -OCH3 is 1. The first-order valence-electron chi connectivity index (χ1n) is 7.17. The topological polar surface area (TPSA) is 30.5 Å². The number of hydrogen-bond donors (Lipinski definition) is 1. The fourth-order valence-electron chi connectivity index (χ4n) is 2.06. The Morgan fingerprint density at radius 1 is 1.37 bits per heavy atom. The van der Waals surface area contributed by atoms with E-state index < -0.39 is 0 Å². The van der Waals surface area contributed by atoms with E-state index in [4.69, 9.17) is 9.47 Å². The van der Waals surface area contributed by atoms with E-state index in [1.807, 2.05) is 0 Å². The molecular formula is C16H25NO2. The molecule has 0 aliphatic heterocycles. The summed E-state index contributed by atoms with van der Waals surface area (Å²) in [6.07, 6.45) is 3.72. The first-order valence-corrected chi connectivity index (χ1v) is 7.17. The predicted molar refractivity (Wildman–Crippen MR) is 77.6 cm³/mol. The van der Waals surface area contributed by atoms with Gasteiger partial charge in [0.15, 0.2) is 0 Å². The van der Waals surface area contributed by atoms with Gasteiger partial charge in [0.25, 0.3) is 0 Å². The minimum absolute atomic E-state index is 0.183. The van der Waals surface area contributed by atoms with Gasteiger partial charge in [-0.15, -0.1) is 0 Å². The maximum atomic E-state index is 6.04. The fraction of sp³-hybridized carbons (Fsp3) is 0.625. The van der Waals surface area contributed by atoms with Crippen LogP contribution in [0.2, 0.25) is 0 Å². The van der Waals surface area contributed by atoms with Crippen LogP contribution in [-0.2, 0) is 11.3 Å². The van der Waals surface area contributed by atoms with Gasteiger partial charge < -0.3 is 14.8 Å². The number of nitrogens with one attached hydrogen (secondary N) is 1. The largest absolute Gasteiger partial charge is 0.490 e. The quantitative estimate of drug-likeness (QED) is 0.782. The molecule has 2 rings (SSSR count). The van der Waals surface area contributed by atoms with E-state index >= 15 is 0 Å². The molecule has 19 heavy (non-hydrogen) atoms. The molecule has 3 nitrogen and oxygen atoms in total. The van der Waals surface area contributed by atoms with E-state index in [0.717, 1.165) is 31.4 Å². The van der Waals surface area contributed by atoms with Crippen LogP contribution in [0.4, 0.5) is 0 Å². The van der Waals surface area contributed by atoms with Crippen LogP contribution in [-0.4, -0.2) is 25.9 Å². The zero-order valence-corrected chi connectivity index (χ0v) is 12.2. The van der Waals surface area contributed by atoms with Crippen LogP contribution in [0.5, 0.6) is 5.75 Å². The molecule has 1 N–H and O–H groups in total. The number of aryl methyl sites for hydroxylation is 1. The second-order valence-electron chi connectivity index (χ2n) is 5.48. The van der Waals surface area contributed by atoms with Crippen molar-refractivity contribution < 1.29 is 9.47 Å². The summed E-state index contributed by atoms with van der Waals surface area (Å²) in [6, 6.07) is 7.13. The standard InChI is InChI=1S/C16H25NO2/c1-12-4-7-16(19-13(2)8-9-18-3)14(10-12)11-17-15-5-6-15/h4,7,10,13,15,17H,5-6,8-9,11H2,1-3H3. The summed E-state index contributed by atoms with van der Waals surface area (Å²) in [7, 11) is 1.73. The smallest absolute Gasteiger partial charge is 0.124 e. The highest BCUT2D eigenvalue weighted by Crippen LogP contribution is 2.24. The monoisotopic (exact) mass is 263 g/mol. The average Bonchev–Trinajstić information content (AvgIpc) is 3.20. The zero-order valence-electron chi connectivity index (χ0n) is 12.2. The Morgan fingerprint density at radius 3 is 2.84 bits per heavy atom. The van der Waals surface area contributed by atoms with Crippen molar-refractivity contribution in [3.8, 4) is 5.75 Å². The van der Waals surface area contributed by atoms with E-state index in [1.54, 1.807) is 7.11 Å². The first kappa shape index (κ1) is 14.4. The van der Waals surface area contributed by atoms with Crippen molar-refractivity contribution in [2.45, 2.75) is 51.8 Å². The molecule has 106 valence electrons. The Labute approximate surface area is 116 Å². The summed E-state index contributed by atoms with van der Waals surface area (Å²) >= 11 is 0. The Kier molecular flexibility index (Phi) is 5.23. The zero-order chi connectivity index (χ0) is 13.7. The Hall–Kier alpha value is -1.06. The SMILES string of the molecule is COCCC(C)Oc1ccc(C)cc1CNC1CC1. The van der Waals surface area contributed by atoms with Gasteiger partial charge in [0.1, 0.15) is 5.75 Å². The predicted octanol–water partition coefficient (Wildman–Crippen LogP) is 3.05. The molecule has 0 saturated heterocycles. The van der Waals surface area contributed by atoms with Crippen molar-refractivity contribution in [3.63, 3.8) is 0 Å². The fourth-order valence-corrected chi connectivity index (χ4v) is 2.06. The second-order valence-corrected chi connectivity index (χ2v) is 5.48. The van der Waals surface area contributed by atoms with Gasteiger partial charge in [-0.05, 0) is 32.8 Å². The highest BCUT2D eigenvalue weighted by molar-refractivity contribution is 5.37. The third-order valence-corrected chi connectivity index (χ3v) is 3.43. The third-order valence-electron chi connectivity index (χ3n) is 3.43. The van der Waals surface area contributed by atoms with E-state index in [1.165, 1.54) is 24.0 Å². The van der Waals surface area contributed by atoms with Crippen molar-refractivity contribution >= 4 is 0 Å². The van der Waals surface area contributed by atoms with Crippen molar-refractivity contribution in [1.29, 1.82) is 0 Å². The van der Waals surface area contributed by atoms with Crippen molar-refractivity contribution in [3.05, 3.63) is 29.3 Å². The lowest BCUT2D eigenvalue weighted by molar-refractivity contribution is 0.134. The summed E-state index contributed by atoms with van der Waals surface area (Å²) in [4.78, 5) is 0. The summed E-state index contributed by atoms with van der Waals surface area (Å²) in [6.45, 7) is 5.86. The highest BCUT2D eigenvalue weighted by Gasteiger charge is 2.20. The molecule has 1 unspecified atom stereocenters. The lowest BCUT2D eigenvalue weighted by Crippen LogP contribution is -2.19. The minimum Gasteiger partial charge on any atom is -0.490 e. The molecule has 3 heteroatoms. The molecule has 1 aromatic rings. The van der Waals surface area contributed by atoms with Gasteiger partial charge in [-0.2, -0.15) is 0 Å². The molecule has 1 aromatic carbocycles. The molecule has 0 amide bonds. The van der Waals surface area contributed by atoms with Crippen LogP contribution in [0.3, 0.4) is 0 Å². The molecule has 0 heterocycles. The molecule has 1 saturated carbocycles. The third kappa shape index (κ3) is 4.84. The summed E-state index contributed by atoms with van der Waals surface area (Å²) in [5, 5.41) is 3.55. The lowest BCUT2D eigenvalue weighted by Gasteiger charge is -2.18. The van der Waals surface area contributed by atoms with Crippen molar-refractivity contribution in [2.24, 2.45) is 0 Å². The van der Waals surface area contributed by atoms with Crippen molar-refractivity contribution in [1.82, 2.24) is 5.32 Å².